The fraction of sp³-hybridized carbons (Fsp3) is 0.0870. The maximum atomic E-state index is 12.4. The number of amides is 1. The number of benzene rings is 2. The molecule has 0 radical (unpaired) electrons. The summed E-state index contributed by atoms with van der Waals surface area (Å²) in [5.41, 5.74) is 8.08. The molecule has 9 nitrogen and oxygen atoms in total. The van der Waals surface area contributed by atoms with Crippen LogP contribution in [0.5, 0.6) is 0 Å². The Bertz CT molecular complexity index is 1340. The van der Waals surface area contributed by atoms with Crippen molar-refractivity contribution in [2.45, 2.75) is 6.42 Å². The fourth-order valence-electron chi connectivity index (χ4n) is 3.27. The van der Waals surface area contributed by atoms with Crippen LogP contribution < -0.4 is 15.8 Å². The zero-order valence-electron chi connectivity index (χ0n) is 17.5. The van der Waals surface area contributed by atoms with Crippen molar-refractivity contribution in [1.29, 1.82) is 0 Å². The first kappa shape index (κ1) is 22.0. The maximum absolute atomic E-state index is 12.4. The summed E-state index contributed by atoms with van der Waals surface area (Å²) in [6.45, 7) is 0. The summed E-state index contributed by atoms with van der Waals surface area (Å²) >= 11 is 0. The molecular formula is C23H22N6O3S. The van der Waals surface area contributed by atoms with Crippen LogP contribution in [-0.4, -0.2) is 35.3 Å². The molecule has 10 heteroatoms. The highest BCUT2D eigenvalue weighted by molar-refractivity contribution is 7.92. The number of nitrogens with one attached hydrogen (secondary N) is 3. The number of aromatic amines is 1. The number of anilines is 3. The van der Waals surface area contributed by atoms with Crippen LogP contribution in [0.15, 0.2) is 79.0 Å². The Labute approximate surface area is 191 Å². The molecule has 5 N–H and O–H groups in total. The van der Waals surface area contributed by atoms with Gasteiger partial charge in [-0.25, -0.2) is 13.4 Å². The van der Waals surface area contributed by atoms with E-state index in [1.165, 1.54) is 0 Å². The van der Waals surface area contributed by atoms with E-state index in [2.05, 4.69) is 25.2 Å². The van der Waals surface area contributed by atoms with Gasteiger partial charge in [-0.2, -0.15) is 5.10 Å². The van der Waals surface area contributed by atoms with Gasteiger partial charge in [-0.1, -0.05) is 48.5 Å². The van der Waals surface area contributed by atoms with Gasteiger partial charge in [-0.3, -0.25) is 14.6 Å². The predicted octanol–water partition coefficient (Wildman–Crippen LogP) is 3.30. The van der Waals surface area contributed by atoms with Gasteiger partial charge in [-0.15, -0.1) is 0 Å². The highest BCUT2D eigenvalue weighted by atomic mass is 32.2. The van der Waals surface area contributed by atoms with Crippen molar-refractivity contribution in [2.75, 3.05) is 15.8 Å². The molecule has 168 valence electrons. The van der Waals surface area contributed by atoms with Crippen molar-refractivity contribution in [2.24, 2.45) is 5.73 Å². The van der Waals surface area contributed by atoms with Crippen molar-refractivity contribution >= 4 is 33.3 Å². The minimum atomic E-state index is -3.53. The Hall–Kier alpha value is -4.18. The molecule has 0 fully saturated rings. The second-order valence-corrected chi connectivity index (χ2v) is 9.10. The summed E-state index contributed by atoms with van der Waals surface area (Å²) in [6.07, 6.45) is 2.03. The molecule has 4 rings (SSSR count). The molecule has 2 heterocycles. The van der Waals surface area contributed by atoms with E-state index >= 15 is 0 Å². The van der Waals surface area contributed by atoms with Crippen molar-refractivity contribution in [3.05, 3.63) is 90.1 Å². The van der Waals surface area contributed by atoms with Crippen LogP contribution in [0.2, 0.25) is 0 Å². The van der Waals surface area contributed by atoms with Crippen LogP contribution in [0, 0.1) is 0 Å². The molecule has 0 aliphatic rings. The normalized spacial score (nSPS) is 11.2. The summed E-state index contributed by atoms with van der Waals surface area (Å²) in [4.78, 5) is 16.3. The second kappa shape index (κ2) is 9.53. The Morgan fingerprint density at radius 1 is 0.970 bits per heavy atom. The predicted molar refractivity (Wildman–Crippen MR) is 128 cm³/mol. The van der Waals surface area contributed by atoms with E-state index in [-0.39, 0.29) is 11.3 Å². The molecule has 0 unspecified atom stereocenters. The van der Waals surface area contributed by atoms with E-state index in [9.17, 15) is 13.2 Å². The number of hydrogen-bond acceptors (Lipinski definition) is 6. The number of hydrogen-bond donors (Lipinski definition) is 4. The lowest BCUT2D eigenvalue weighted by atomic mass is 10.1. The van der Waals surface area contributed by atoms with E-state index in [0.29, 0.717) is 35.0 Å². The number of carbonyl (C=O) groups is 1. The number of nitrogens with zero attached hydrogens (tertiary/aromatic N) is 2. The van der Waals surface area contributed by atoms with Crippen LogP contribution in [0.4, 0.5) is 17.3 Å². The Morgan fingerprint density at radius 2 is 1.70 bits per heavy atom. The summed E-state index contributed by atoms with van der Waals surface area (Å²) in [5, 5.41) is 9.98. The molecule has 0 atom stereocenters. The van der Waals surface area contributed by atoms with Crippen LogP contribution in [0.25, 0.3) is 11.3 Å². The number of aryl methyl sites for hydroxylation is 1. The molecule has 33 heavy (non-hydrogen) atoms. The third-order valence-electron chi connectivity index (χ3n) is 4.86. The van der Waals surface area contributed by atoms with Gasteiger partial charge in [-0.05, 0) is 36.2 Å². The average molecular weight is 463 g/mol. The third-order valence-corrected chi connectivity index (χ3v) is 6.15. The van der Waals surface area contributed by atoms with Gasteiger partial charge < -0.3 is 11.1 Å². The molecule has 0 spiro atoms. The molecule has 2 aromatic carbocycles. The Morgan fingerprint density at radius 3 is 2.36 bits per heavy atom. The molecule has 0 saturated carbocycles. The number of H-pyrrole nitrogens is 1. The number of sulfonamides is 1. The number of primary amides is 1. The first-order chi connectivity index (χ1) is 15.9. The van der Waals surface area contributed by atoms with Gasteiger partial charge in [0.1, 0.15) is 22.9 Å². The lowest BCUT2D eigenvalue weighted by molar-refractivity contribution is 0.100. The lowest BCUT2D eigenvalue weighted by Gasteiger charge is -2.09. The number of rotatable bonds is 9. The van der Waals surface area contributed by atoms with E-state index in [1.54, 1.807) is 48.7 Å². The van der Waals surface area contributed by atoms with E-state index in [1.807, 2.05) is 30.3 Å². The average Bonchev–Trinajstić information content (AvgIpc) is 3.23. The zero-order valence-corrected chi connectivity index (χ0v) is 18.3. The number of pyridine rings is 1. The standard InChI is InChI=1S/C23H22N6O3S/c24-22(30)20-21(27-28-23(20)26-19-8-4-5-14-25-19)17-9-11-18(12-10-17)29-33(31,32)15-13-16-6-2-1-3-7-16/h1-12,14,29H,13,15H2,(H2,24,30)(H2,25,26,27,28). The maximum Gasteiger partial charge on any atom is 0.254 e. The Kier molecular flexibility index (Phi) is 6.36. The topological polar surface area (TPSA) is 143 Å². The third kappa shape index (κ3) is 5.55. The molecule has 0 aliphatic carbocycles. The van der Waals surface area contributed by atoms with Gasteiger partial charge in [0, 0.05) is 17.4 Å². The summed E-state index contributed by atoms with van der Waals surface area (Å²) in [7, 11) is -3.53. The first-order valence-corrected chi connectivity index (χ1v) is 11.8. The largest absolute Gasteiger partial charge is 0.365 e. The van der Waals surface area contributed by atoms with Gasteiger partial charge in [0.2, 0.25) is 10.0 Å². The number of aromatic nitrogens is 3. The zero-order chi connectivity index (χ0) is 23.3. The lowest BCUT2D eigenvalue weighted by Crippen LogP contribution is -2.18. The van der Waals surface area contributed by atoms with Crippen LogP contribution >= 0.6 is 0 Å². The molecule has 0 saturated heterocycles. The highest BCUT2D eigenvalue weighted by Crippen LogP contribution is 2.29. The van der Waals surface area contributed by atoms with Crippen molar-refractivity contribution in [3.63, 3.8) is 0 Å². The van der Waals surface area contributed by atoms with Crippen molar-refractivity contribution in [3.8, 4) is 11.3 Å². The first-order valence-electron chi connectivity index (χ1n) is 10.1. The van der Waals surface area contributed by atoms with E-state index in [4.69, 9.17) is 5.73 Å². The number of carbonyl (C=O) groups excluding carboxylic acids is 1. The van der Waals surface area contributed by atoms with Crippen LogP contribution in [0.3, 0.4) is 0 Å². The van der Waals surface area contributed by atoms with Crippen LogP contribution in [0.1, 0.15) is 15.9 Å². The van der Waals surface area contributed by atoms with Gasteiger partial charge in [0.15, 0.2) is 0 Å². The second-order valence-electron chi connectivity index (χ2n) is 7.26. The van der Waals surface area contributed by atoms with Crippen molar-refractivity contribution < 1.29 is 13.2 Å². The summed E-state index contributed by atoms with van der Waals surface area (Å²) in [5.74, 6) is 0.146. The highest BCUT2D eigenvalue weighted by Gasteiger charge is 2.20. The van der Waals surface area contributed by atoms with Gasteiger partial charge >= 0.3 is 0 Å². The Balaban J connectivity index is 1.49. The molecule has 0 bridgehead atoms. The van der Waals surface area contributed by atoms with Crippen LogP contribution in [-0.2, 0) is 16.4 Å². The smallest absolute Gasteiger partial charge is 0.254 e. The van der Waals surface area contributed by atoms with Crippen molar-refractivity contribution in [1.82, 2.24) is 15.2 Å². The summed E-state index contributed by atoms with van der Waals surface area (Å²) in [6, 6.07) is 21.3. The molecule has 1 amide bonds. The molecule has 0 aliphatic heterocycles. The molecule has 4 aromatic rings. The fourth-order valence-corrected chi connectivity index (χ4v) is 4.37. The monoisotopic (exact) mass is 462 g/mol. The van der Waals surface area contributed by atoms with E-state index < -0.39 is 15.9 Å². The minimum Gasteiger partial charge on any atom is -0.365 e. The SMILES string of the molecule is NC(=O)c1c(-c2ccc(NS(=O)(=O)CCc3ccccc3)cc2)n[nH]c1Nc1ccccn1. The number of nitrogens with two attached hydrogens (primary N) is 1. The summed E-state index contributed by atoms with van der Waals surface area (Å²) < 4.78 is 27.5. The van der Waals surface area contributed by atoms with Gasteiger partial charge in [0.25, 0.3) is 5.91 Å². The van der Waals surface area contributed by atoms with E-state index in [0.717, 1.165) is 5.56 Å². The molecular weight excluding hydrogens is 440 g/mol. The minimum absolute atomic E-state index is 0.0352. The quantitative estimate of drug-likeness (QED) is 0.301. The van der Waals surface area contributed by atoms with Gasteiger partial charge in [0.05, 0.1) is 5.75 Å². The molecule has 2 aromatic heterocycles.